The van der Waals surface area contributed by atoms with Crippen molar-refractivity contribution in [2.24, 2.45) is 5.92 Å². The second-order valence-corrected chi connectivity index (χ2v) is 3.56. The minimum absolute atomic E-state index is 0.708. The molecule has 0 N–H and O–H groups in total. The smallest absolute Gasteiger partial charge is 0.0281 e. The van der Waals surface area contributed by atoms with Crippen LogP contribution in [-0.2, 0) is 0 Å². The van der Waals surface area contributed by atoms with Crippen LogP contribution in [0.5, 0.6) is 0 Å². The molecule has 1 atom stereocenters. The first kappa shape index (κ1) is 11.7. The standard InChI is InChI=1S/C9H17N.C2H6/c1-8(2)7-9-5-4-6-10(9)3;1-2/h4-5,8-9H,6-7H2,1-3H3;1-2H3. The lowest BCUT2D eigenvalue weighted by molar-refractivity contribution is 0.295. The van der Waals surface area contributed by atoms with E-state index in [1.807, 2.05) is 13.8 Å². The number of rotatable bonds is 2. The van der Waals surface area contributed by atoms with Gasteiger partial charge in [0.15, 0.2) is 0 Å². The molecule has 0 bridgehead atoms. The van der Waals surface area contributed by atoms with Gasteiger partial charge in [-0.25, -0.2) is 0 Å². The summed E-state index contributed by atoms with van der Waals surface area (Å²) in [5.41, 5.74) is 0. The molecule has 0 spiro atoms. The summed E-state index contributed by atoms with van der Waals surface area (Å²) in [6, 6.07) is 0.708. The largest absolute Gasteiger partial charge is 0.296 e. The lowest BCUT2D eigenvalue weighted by atomic mass is 10.0. The third-order valence-electron chi connectivity index (χ3n) is 2.03. The number of hydrogen-bond donors (Lipinski definition) is 0. The maximum absolute atomic E-state index is 2.39. The Morgan fingerprint density at radius 2 is 2.00 bits per heavy atom. The van der Waals surface area contributed by atoms with Crippen molar-refractivity contribution in [3.63, 3.8) is 0 Å². The lowest BCUT2D eigenvalue weighted by Crippen LogP contribution is -2.26. The quantitative estimate of drug-likeness (QED) is 0.574. The molecule has 1 aliphatic rings. The molecule has 1 rings (SSSR count). The fourth-order valence-electron chi connectivity index (χ4n) is 1.41. The fourth-order valence-corrected chi connectivity index (χ4v) is 1.41. The molecule has 1 heteroatoms. The maximum Gasteiger partial charge on any atom is 0.0281 e. The maximum atomic E-state index is 2.39. The molecule has 0 saturated carbocycles. The van der Waals surface area contributed by atoms with Gasteiger partial charge in [-0.2, -0.15) is 0 Å². The van der Waals surface area contributed by atoms with Crippen LogP contribution in [0.1, 0.15) is 34.1 Å². The van der Waals surface area contributed by atoms with E-state index in [1.165, 1.54) is 6.42 Å². The highest BCUT2D eigenvalue weighted by atomic mass is 15.1. The Balaban J connectivity index is 0.000000561. The topological polar surface area (TPSA) is 3.24 Å². The number of nitrogens with zero attached hydrogens (tertiary/aromatic N) is 1. The molecular weight excluding hydrogens is 146 g/mol. The van der Waals surface area contributed by atoms with E-state index in [-0.39, 0.29) is 0 Å². The third-order valence-corrected chi connectivity index (χ3v) is 2.03. The highest BCUT2D eigenvalue weighted by Gasteiger charge is 2.15. The predicted octanol–water partition coefficient (Wildman–Crippen LogP) is 2.93. The molecule has 0 saturated heterocycles. The fraction of sp³-hybridized carbons (Fsp3) is 0.818. The minimum atomic E-state index is 0.708. The van der Waals surface area contributed by atoms with E-state index < -0.39 is 0 Å². The third kappa shape index (κ3) is 3.91. The van der Waals surface area contributed by atoms with Gasteiger partial charge in [0.2, 0.25) is 0 Å². The number of hydrogen-bond acceptors (Lipinski definition) is 1. The van der Waals surface area contributed by atoms with Crippen molar-refractivity contribution >= 4 is 0 Å². The van der Waals surface area contributed by atoms with Gasteiger partial charge in [-0.05, 0) is 19.4 Å². The van der Waals surface area contributed by atoms with Crippen LogP contribution in [0, 0.1) is 5.92 Å². The van der Waals surface area contributed by atoms with Crippen molar-refractivity contribution in [2.45, 2.75) is 40.2 Å². The second kappa shape index (κ2) is 6.24. The molecule has 1 aliphatic heterocycles. The lowest BCUT2D eigenvalue weighted by Gasteiger charge is -2.20. The van der Waals surface area contributed by atoms with Gasteiger partial charge in [-0.1, -0.05) is 39.8 Å². The molecule has 0 aromatic rings. The van der Waals surface area contributed by atoms with Gasteiger partial charge in [0, 0.05) is 12.6 Å². The Labute approximate surface area is 77.5 Å². The predicted molar refractivity (Wildman–Crippen MR) is 56.4 cm³/mol. The SMILES string of the molecule is CC.CC(C)CC1C=CCN1C. The average Bonchev–Trinajstić information content (AvgIpc) is 2.40. The Bertz CT molecular complexity index is 127. The molecule has 1 heterocycles. The zero-order chi connectivity index (χ0) is 9.56. The first-order valence-electron chi connectivity index (χ1n) is 5.07. The summed E-state index contributed by atoms with van der Waals surface area (Å²) in [5, 5.41) is 0. The average molecular weight is 169 g/mol. The van der Waals surface area contributed by atoms with Crippen molar-refractivity contribution < 1.29 is 0 Å². The molecule has 0 aromatic heterocycles. The zero-order valence-corrected chi connectivity index (χ0v) is 9.17. The summed E-state index contributed by atoms with van der Waals surface area (Å²) in [5.74, 6) is 0.815. The van der Waals surface area contributed by atoms with Gasteiger partial charge in [-0.15, -0.1) is 0 Å². The van der Waals surface area contributed by atoms with E-state index in [1.54, 1.807) is 0 Å². The van der Waals surface area contributed by atoms with E-state index in [4.69, 9.17) is 0 Å². The van der Waals surface area contributed by atoms with E-state index >= 15 is 0 Å². The van der Waals surface area contributed by atoms with Crippen molar-refractivity contribution in [3.8, 4) is 0 Å². The van der Waals surface area contributed by atoms with E-state index in [0.29, 0.717) is 6.04 Å². The van der Waals surface area contributed by atoms with Gasteiger partial charge in [0.25, 0.3) is 0 Å². The highest BCUT2D eigenvalue weighted by molar-refractivity contribution is 5.02. The van der Waals surface area contributed by atoms with Gasteiger partial charge < -0.3 is 0 Å². The molecule has 0 amide bonds. The molecule has 0 aliphatic carbocycles. The summed E-state index contributed by atoms with van der Waals surface area (Å²) in [7, 11) is 2.19. The molecule has 0 fully saturated rings. The van der Waals surface area contributed by atoms with Gasteiger partial charge in [-0.3, -0.25) is 4.90 Å². The van der Waals surface area contributed by atoms with Gasteiger partial charge in [0.05, 0.1) is 0 Å². The molecule has 1 nitrogen and oxygen atoms in total. The van der Waals surface area contributed by atoms with Crippen LogP contribution in [0.4, 0.5) is 0 Å². The summed E-state index contributed by atoms with van der Waals surface area (Å²) >= 11 is 0. The molecular formula is C11H23N. The molecule has 0 aromatic carbocycles. The van der Waals surface area contributed by atoms with Crippen LogP contribution in [0.2, 0.25) is 0 Å². The highest BCUT2D eigenvalue weighted by Crippen LogP contribution is 2.15. The summed E-state index contributed by atoms with van der Waals surface area (Å²) in [6.45, 7) is 9.69. The van der Waals surface area contributed by atoms with Crippen LogP contribution >= 0.6 is 0 Å². The summed E-state index contributed by atoms with van der Waals surface area (Å²) in [4.78, 5) is 2.39. The Hall–Kier alpha value is -0.300. The Morgan fingerprint density at radius 3 is 2.33 bits per heavy atom. The minimum Gasteiger partial charge on any atom is -0.296 e. The van der Waals surface area contributed by atoms with Crippen LogP contribution < -0.4 is 0 Å². The van der Waals surface area contributed by atoms with Gasteiger partial charge in [0.1, 0.15) is 0 Å². The van der Waals surface area contributed by atoms with Crippen LogP contribution in [-0.4, -0.2) is 24.5 Å². The second-order valence-electron chi connectivity index (χ2n) is 3.56. The first-order valence-corrected chi connectivity index (χ1v) is 5.07. The monoisotopic (exact) mass is 169 g/mol. The van der Waals surface area contributed by atoms with Crippen molar-refractivity contribution in [1.29, 1.82) is 0 Å². The Kier molecular flexibility index (Phi) is 6.09. The summed E-state index contributed by atoms with van der Waals surface area (Å²) < 4.78 is 0. The molecule has 12 heavy (non-hydrogen) atoms. The Morgan fingerprint density at radius 1 is 1.42 bits per heavy atom. The summed E-state index contributed by atoms with van der Waals surface area (Å²) in [6.07, 6.45) is 5.88. The molecule has 72 valence electrons. The van der Waals surface area contributed by atoms with Crippen molar-refractivity contribution in [3.05, 3.63) is 12.2 Å². The normalized spacial score (nSPS) is 22.7. The van der Waals surface area contributed by atoms with E-state index in [0.717, 1.165) is 12.5 Å². The molecule has 1 unspecified atom stereocenters. The van der Waals surface area contributed by atoms with E-state index in [2.05, 4.69) is 37.9 Å². The zero-order valence-electron chi connectivity index (χ0n) is 9.17. The van der Waals surface area contributed by atoms with Crippen LogP contribution in [0.25, 0.3) is 0 Å². The van der Waals surface area contributed by atoms with Crippen LogP contribution in [0.3, 0.4) is 0 Å². The van der Waals surface area contributed by atoms with Crippen LogP contribution in [0.15, 0.2) is 12.2 Å². The van der Waals surface area contributed by atoms with E-state index in [9.17, 15) is 0 Å². The number of likely N-dealkylation sites (N-methyl/N-ethyl adjacent to an activating group) is 1. The first-order chi connectivity index (χ1) is 5.70. The van der Waals surface area contributed by atoms with Crippen molar-refractivity contribution in [2.75, 3.05) is 13.6 Å². The van der Waals surface area contributed by atoms with Gasteiger partial charge >= 0.3 is 0 Å². The van der Waals surface area contributed by atoms with Crippen molar-refractivity contribution in [1.82, 2.24) is 4.90 Å². The molecule has 0 radical (unpaired) electrons.